The number of ether oxygens (including phenoxy) is 2. The summed E-state index contributed by atoms with van der Waals surface area (Å²) in [5.74, 6) is 0.918. The van der Waals surface area contributed by atoms with Gasteiger partial charge < -0.3 is 14.8 Å². The molecule has 0 heterocycles. The van der Waals surface area contributed by atoms with Crippen LogP contribution >= 0.6 is 31.9 Å². The molecule has 1 aromatic rings. The first-order chi connectivity index (χ1) is 9.54. The monoisotopic (exact) mass is 407 g/mol. The van der Waals surface area contributed by atoms with Gasteiger partial charge in [-0.05, 0) is 61.8 Å². The Labute approximate surface area is 138 Å². The molecule has 0 amide bonds. The van der Waals surface area contributed by atoms with Crippen molar-refractivity contribution in [2.45, 2.75) is 39.8 Å². The van der Waals surface area contributed by atoms with Gasteiger partial charge in [-0.2, -0.15) is 0 Å². The van der Waals surface area contributed by atoms with Crippen LogP contribution in [0.15, 0.2) is 21.1 Å². The summed E-state index contributed by atoms with van der Waals surface area (Å²) in [7, 11) is 0. The molecule has 0 unspecified atom stereocenters. The molecule has 0 atom stereocenters. The second-order valence-electron chi connectivity index (χ2n) is 4.76. The van der Waals surface area contributed by atoms with Gasteiger partial charge >= 0.3 is 0 Å². The van der Waals surface area contributed by atoms with E-state index in [1.165, 1.54) is 0 Å². The van der Waals surface area contributed by atoms with E-state index in [0.717, 1.165) is 46.4 Å². The van der Waals surface area contributed by atoms with Gasteiger partial charge in [-0.3, -0.25) is 0 Å². The molecule has 0 bridgehead atoms. The van der Waals surface area contributed by atoms with Gasteiger partial charge in [0.1, 0.15) is 5.75 Å². The predicted molar refractivity (Wildman–Crippen MR) is 90.4 cm³/mol. The Kier molecular flexibility index (Phi) is 8.77. The van der Waals surface area contributed by atoms with Crippen LogP contribution < -0.4 is 10.1 Å². The molecule has 1 N–H and O–H groups in total. The number of nitrogens with one attached hydrogen (secondary N) is 1. The first kappa shape index (κ1) is 18.0. The van der Waals surface area contributed by atoms with Crippen molar-refractivity contribution in [2.24, 2.45) is 0 Å². The van der Waals surface area contributed by atoms with Crippen molar-refractivity contribution in [3.63, 3.8) is 0 Å². The lowest BCUT2D eigenvalue weighted by Crippen LogP contribution is -2.18. The molecular formula is C15H23Br2NO2. The first-order valence-corrected chi connectivity index (χ1v) is 8.56. The second kappa shape index (κ2) is 9.77. The van der Waals surface area contributed by atoms with Crippen LogP contribution in [0.4, 0.5) is 0 Å². The molecule has 1 aromatic carbocycles. The van der Waals surface area contributed by atoms with E-state index in [1.54, 1.807) is 0 Å². The molecule has 0 aromatic heterocycles. The molecule has 3 nitrogen and oxygen atoms in total. The van der Waals surface area contributed by atoms with E-state index >= 15 is 0 Å². The van der Waals surface area contributed by atoms with Crippen LogP contribution in [-0.4, -0.2) is 25.9 Å². The molecule has 0 aliphatic heterocycles. The van der Waals surface area contributed by atoms with Crippen LogP contribution in [0.1, 0.15) is 32.8 Å². The highest BCUT2D eigenvalue weighted by atomic mass is 79.9. The Morgan fingerprint density at radius 1 is 1.25 bits per heavy atom. The number of rotatable bonds is 9. The average Bonchev–Trinajstić information content (AvgIpc) is 2.37. The molecule has 114 valence electrons. The Bertz CT molecular complexity index is 411. The zero-order valence-electron chi connectivity index (χ0n) is 12.3. The van der Waals surface area contributed by atoms with Crippen molar-refractivity contribution < 1.29 is 9.47 Å². The van der Waals surface area contributed by atoms with E-state index in [1.807, 2.05) is 13.0 Å². The Hall–Kier alpha value is -0.100. The highest BCUT2D eigenvalue weighted by Crippen LogP contribution is 2.32. The van der Waals surface area contributed by atoms with E-state index in [-0.39, 0.29) is 0 Å². The summed E-state index contributed by atoms with van der Waals surface area (Å²) in [5, 5.41) is 3.43. The largest absolute Gasteiger partial charge is 0.492 e. The summed E-state index contributed by atoms with van der Waals surface area (Å²) < 4.78 is 13.2. The van der Waals surface area contributed by atoms with Crippen LogP contribution in [0, 0.1) is 0 Å². The maximum atomic E-state index is 5.70. The van der Waals surface area contributed by atoms with Gasteiger partial charge in [0.2, 0.25) is 0 Å². The summed E-state index contributed by atoms with van der Waals surface area (Å²) in [6.45, 7) is 9.29. The maximum Gasteiger partial charge on any atom is 0.138 e. The van der Waals surface area contributed by atoms with E-state index < -0.39 is 0 Å². The molecule has 0 aliphatic carbocycles. The zero-order chi connectivity index (χ0) is 15.0. The first-order valence-electron chi connectivity index (χ1n) is 6.97. The van der Waals surface area contributed by atoms with Crippen LogP contribution in [0.2, 0.25) is 0 Å². The molecule has 0 saturated carbocycles. The van der Waals surface area contributed by atoms with Crippen molar-refractivity contribution in [3.05, 3.63) is 26.6 Å². The van der Waals surface area contributed by atoms with Gasteiger partial charge in [0.15, 0.2) is 0 Å². The van der Waals surface area contributed by atoms with E-state index in [4.69, 9.17) is 9.47 Å². The summed E-state index contributed by atoms with van der Waals surface area (Å²) in [5.41, 5.74) is 1.15. The highest BCUT2D eigenvalue weighted by molar-refractivity contribution is 9.11. The van der Waals surface area contributed by atoms with Crippen LogP contribution in [-0.2, 0) is 11.3 Å². The smallest absolute Gasteiger partial charge is 0.138 e. The standard InChI is InChI=1S/C15H23Br2NO2/c1-4-19-15-12(8-13(16)9-14(15)17)10-18-6-5-7-20-11(2)3/h8-9,11,18H,4-7,10H2,1-3H3. The number of hydrogen-bond acceptors (Lipinski definition) is 3. The third-order valence-electron chi connectivity index (χ3n) is 2.64. The Morgan fingerprint density at radius 2 is 2.00 bits per heavy atom. The molecule has 0 saturated heterocycles. The van der Waals surface area contributed by atoms with Crippen molar-refractivity contribution >= 4 is 31.9 Å². The number of hydrogen-bond donors (Lipinski definition) is 1. The molecule has 5 heteroatoms. The summed E-state index contributed by atoms with van der Waals surface area (Å²) in [6, 6.07) is 4.10. The minimum atomic E-state index is 0.306. The molecular weight excluding hydrogens is 386 g/mol. The van der Waals surface area contributed by atoms with E-state index in [9.17, 15) is 0 Å². The molecule has 0 radical (unpaired) electrons. The Morgan fingerprint density at radius 3 is 2.65 bits per heavy atom. The van der Waals surface area contributed by atoms with Gasteiger partial charge in [0.05, 0.1) is 17.2 Å². The fraction of sp³-hybridized carbons (Fsp3) is 0.600. The quantitative estimate of drug-likeness (QED) is 0.609. The van der Waals surface area contributed by atoms with E-state index in [0.29, 0.717) is 12.7 Å². The molecule has 0 aliphatic rings. The molecule has 0 fully saturated rings. The van der Waals surface area contributed by atoms with Crippen LogP contribution in [0.25, 0.3) is 0 Å². The van der Waals surface area contributed by atoms with Gasteiger partial charge in [-0.1, -0.05) is 15.9 Å². The SMILES string of the molecule is CCOc1c(Br)cc(Br)cc1CNCCCOC(C)C. The zero-order valence-corrected chi connectivity index (χ0v) is 15.5. The third-order valence-corrected chi connectivity index (χ3v) is 3.69. The van der Waals surface area contributed by atoms with E-state index in [2.05, 4.69) is 57.1 Å². The fourth-order valence-electron chi connectivity index (χ4n) is 1.79. The minimum absolute atomic E-state index is 0.306. The highest BCUT2D eigenvalue weighted by Gasteiger charge is 2.09. The van der Waals surface area contributed by atoms with Crippen LogP contribution in [0.5, 0.6) is 5.75 Å². The third kappa shape index (κ3) is 6.57. The molecule has 20 heavy (non-hydrogen) atoms. The Balaban J connectivity index is 2.46. The average molecular weight is 409 g/mol. The minimum Gasteiger partial charge on any atom is -0.492 e. The topological polar surface area (TPSA) is 30.5 Å². The lowest BCUT2D eigenvalue weighted by atomic mass is 10.2. The van der Waals surface area contributed by atoms with Crippen LogP contribution in [0.3, 0.4) is 0 Å². The van der Waals surface area contributed by atoms with Gasteiger partial charge in [-0.25, -0.2) is 0 Å². The lowest BCUT2D eigenvalue weighted by molar-refractivity contribution is 0.0770. The van der Waals surface area contributed by atoms with Crippen molar-refractivity contribution in [1.29, 1.82) is 0 Å². The molecule has 1 rings (SSSR count). The van der Waals surface area contributed by atoms with Gasteiger partial charge in [0, 0.05) is 23.2 Å². The predicted octanol–water partition coefficient (Wildman–Crippen LogP) is 4.52. The lowest BCUT2D eigenvalue weighted by Gasteiger charge is -2.14. The van der Waals surface area contributed by atoms with Crippen molar-refractivity contribution in [2.75, 3.05) is 19.8 Å². The van der Waals surface area contributed by atoms with Crippen molar-refractivity contribution in [1.82, 2.24) is 5.32 Å². The van der Waals surface area contributed by atoms with Gasteiger partial charge in [-0.15, -0.1) is 0 Å². The maximum absolute atomic E-state index is 5.70. The molecule has 0 spiro atoms. The summed E-state index contributed by atoms with van der Waals surface area (Å²) in [4.78, 5) is 0. The second-order valence-corrected chi connectivity index (χ2v) is 6.53. The number of benzene rings is 1. The summed E-state index contributed by atoms with van der Waals surface area (Å²) >= 11 is 7.06. The normalized spacial score (nSPS) is 11.1. The van der Waals surface area contributed by atoms with Crippen molar-refractivity contribution in [3.8, 4) is 5.75 Å². The van der Waals surface area contributed by atoms with Gasteiger partial charge in [0.25, 0.3) is 0 Å². The number of halogens is 2. The summed E-state index contributed by atoms with van der Waals surface area (Å²) in [6.07, 6.45) is 1.32. The fourth-order valence-corrected chi connectivity index (χ4v) is 3.22.